The number of hydrogen-bond acceptors (Lipinski definition) is 4. The van der Waals surface area contributed by atoms with Crippen LogP contribution in [0.1, 0.15) is 17.0 Å². The zero-order valence-electron chi connectivity index (χ0n) is 10.7. The molecule has 94 valence electrons. The lowest BCUT2D eigenvalue weighted by Gasteiger charge is -2.04. The van der Waals surface area contributed by atoms with Gasteiger partial charge in [0.2, 0.25) is 0 Å². The molecule has 0 spiro atoms. The first-order valence-electron chi connectivity index (χ1n) is 5.65. The van der Waals surface area contributed by atoms with E-state index in [2.05, 4.69) is 10.1 Å². The average Bonchev–Trinajstić information content (AvgIpc) is 2.67. The molecule has 0 aliphatic heterocycles. The zero-order chi connectivity index (χ0) is 13.1. The van der Waals surface area contributed by atoms with Gasteiger partial charge in [0.1, 0.15) is 0 Å². The molecule has 5 heteroatoms. The Labute approximate surface area is 105 Å². The summed E-state index contributed by atoms with van der Waals surface area (Å²) in [6, 6.07) is 3.75. The van der Waals surface area contributed by atoms with E-state index < -0.39 is 0 Å². The fraction of sp³-hybridized carbons (Fsp3) is 0.308. The number of carbonyl (C=O) groups excluding carboxylic acids is 1. The van der Waals surface area contributed by atoms with Crippen molar-refractivity contribution in [2.45, 2.75) is 20.3 Å². The summed E-state index contributed by atoms with van der Waals surface area (Å²) in [4.78, 5) is 15.3. The quantitative estimate of drug-likeness (QED) is 0.771. The summed E-state index contributed by atoms with van der Waals surface area (Å²) in [5, 5.41) is 4.45. The van der Waals surface area contributed by atoms with Gasteiger partial charge in [-0.1, -0.05) is 0 Å². The summed E-state index contributed by atoms with van der Waals surface area (Å²) >= 11 is 0. The van der Waals surface area contributed by atoms with Crippen molar-refractivity contribution in [3.05, 3.63) is 41.5 Å². The van der Waals surface area contributed by atoms with Gasteiger partial charge in [-0.3, -0.25) is 9.78 Å². The molecule has 0 unspecified atom stereocenters. The molecular formula is C13H15N3O2. The lowest BCUT2D eigenvalue weighted by molar-refractivity contribution is -0.139. The van der Waals surface area contributed by atoms with E-state index in [0.717, 1.165) is 22.6 Å². The summed E-state index contributed by atoms with van der Waals surface area (Å²) < 4.78 is 6.51. The van der Waals surface area contributed by atoms with Crippen LogP contribution in [0.2, 0.25) is 0 Å². The van der Waals surface area contributed by atoms with Crippen molar-refractivity contribution in [2.75, 3.05) is 7.11 Å². The first-order valence-corrected chi connectivity index (χ1v) is 5.65. The van der Waals surface area contributed by atoms with Crippen LogP contribution in [0.25, 0.3) is 5.69 Å². The van der Waals surface area contributed by atoms with E-state index in [0.29, 0.717) is 0 Å². The van der Waals surface area contributed by atoms with E-state index in [9.17, 15) is 4.79 Å². The Kier molecular flexibility index (Phi) is 3.41. The van der Waals surface area contributed by atoms with Crippen molar-refractivity contribution in [1.82, 2.24) is 14.8 Å². The molecule has 2 aromatic heterocycles. The third-order valence-corrected chi connectivity index (χ3v) is 2.90. The molecule has 18 heavy (non-hydrogen) atoms. The highest BCUT2D eigenvalue weighted by molar-refractivity contribution is 5.73. The van der Waals surface area contributed by atoms with Crippen LogP contribution in [0.3, 0.4) is 0 Å². The Morgan fingerprint density at radius 2 is 2.00 bits per heavy atom. The lowest BCUT2D eigenvalue weighted by Crippen LogP contribution is -2.06. The van der Waals surface area contributed by atoms with Crippen molar-refractivity contribution < 1.29 is 9.53 Å². The number of methoxy groups -OCH3 is 1. The third-order valence-electron chi connectivity index (χ3n) is 2.90. The highest BCUT2D eigenvalue weighted by Gasteiger charge is 2.15. The first kappa shape index (κ1) is 12.3. The number of aromatic nitrogens is 3. The van der Waals surface area contributed by atoms with Gasteiger partial charge in [-0.25, -0.2) is 4.68 Å². The Hall–Kier alpha value is -2.17. The minimum atomic E-state index is -0.254. The molecule has 0 aliphatic carbocycles. The standard InChI is InChI=1S/C13H15N3O2/c1-9-12(8-13(17)18-3)10(2)16(15-9)11-4-6-14-7-5-11/h4-7H,8H2,1-3H3. The minimum absolute atomic E-state index is 0.249. The Balaban J connectivity index is 2.41. The summed E-state index contributed by atoms with van der Waals surface area (Å²) in [6.45, 7) is 3.83. The topological polar surface area (TPSA) is 57.0 Å². The van der Waals surface area contributed by atoms with Crippen LogP contribution in [0.4, 0.5) is 0 Å². The van der Waals surface area contributed by atoms with Crippen LogP contribution in [0, 0.1) is 13.8 Å². The Bertz CT molecular complexity index is 561. The molecule has 2 rings (SSSR count). The van der Waals surface area contributed by atoms with E-state index in [1.54, 1.807) is 12.4 Å². The Morgan fingerprint density at radius 3 is 2.61 bits per heavy atom. The van der Waals surface area contributed by atoms with Crippen LogP contribution in [-0.2, 0) is 16.0 Å². The second kappa shape index (κ2) is 5.00. The zero-order valence-corrected chi connectivity index (χ0v) is 10.7. The monoisotopic (exact) mass is 245 g/mol. The molecule has 2 aromatic rings. The van der Waals surface area contributed by atoms with Crippen molar-refractivity contribution in [2.24, 2.45) is 0 Å². The summed E-state index contributed by atoms with van der Waals surface area (Å²) in [7, 11) is 1.39. The maximum absolute atomic E-state index is 11.4. The highest BCUT2D eigenvalue weighted by atomic mass is 16.5. The molecule has 0 radical (unpaired) electrons. The number of ether oxygens (including phenoxy) is 1. The van der Waals surface area contributed by atoms with E-state index in [-0.39, 0.29) is 12.4 Å². The largest absolute Gasteiger partial charge is 0.469 e. The molecular weight excluding hydrogens is 230 g/mol. The van der Waals surface area contributed by atoms with Crippen LogP contribution >= 0.6 is 0 Å². The normalized spacial score (nSPS) is 10.4. The van der Waals surface area contributed by atoms with Crippen molar-refractivity contribution in [1.29, 1.82) is 0 Å². The number of nitrogens with zero attached hydrogens (tertiary/aromatic N) is 3. The summed E-state index contributed by atoms with van der Waals surface area (Å²) in [6.07, 6.45) is 3.68. The molecule has 2 heterocycles. The maximum Gasteiger partial charge on any atom is 0.310 e. The molecule has 5 nitrogen and oxygen atoms in total. The van der Waals surface area contributed by atoms with Gasteiger partial charge in [0.05, 0.1) is 24.9 Å². The molecule has 0 fully saturated rings. The average molecular weight is 245 g/mol. The fourth-order valence-corrected chi connectivity index (χ4v) is 1.88. The molecule has 0 bridgehead atoms. The van der Waals surface area contributed by atoms with E-state index in [1.165, 1.54) is 7.11 Å². The fourth-order valence-electron chi connectivity index (χ4n) is 1.88. The molecule has 0 saturated carbocycles. The number of esters is 1. The van der Waals surface area contributed by atoms with Crippen LogP contribution in [0.5, 0.6) is 0 Å². The summed E-state index contributed by atoms with van der Waals surface area (Å²) in [5.41, 5.74) is 3.64. The number of aryl methyl sites for hydroxylation is 1. The van der Waals surface area contributed by atoms with E-state index >= 15 is 0 Å². The predicted octanol–water partition coefficient (Wildman–Crippen LogP) is 1.60. The molecule has 0 aromatic carbocycles. The van der Waals surface area contributed by atoms with Crippen molar-refractivity contribution >= 4 is 5.97 Å². The van der Waals surface area contributed by atoms with Gasteiger partial charge < -0.3 is 4.74 Å². The molecule has 0 aliphatic rings. The molecule has 0 atom stereocenters. The molecule has 0 amide bonds. The van der Waals surface area contributed by atoms with E-state index in [4.69, 9.17) is 4.74 Å². The number of carbonyl (C=O) groups is 1. The second-order valence-corrected chi connectivity index (χ2v) is 4.02. The van der Waals surface area contributed by atoms with Gasteiger partial charge in [-0.15, -0.1) is 0 Å². The minimum Gasteiger partial charge on any atom is -0.469 e. The van der Waals surface area contributed by atoms with Crippen molar-refractivity contribution in [3.63, 3.8) is 0 Å². The highest BCUT2D eigenvalue weighted by Crippen LogP contribution is 2.18. The molecule has 0 N–H and O–H groups in total. The lowest BCUT2D eigenvalue weighted by atomic mass is 10.1. The van der Waals surface area contributed by atoms with Crippen LogP contribution < -0.4 is 0 Å². The van der Waals surface area contributed by atoms with Gasteiger partial charge in [0.15, 0.2) is 0 Å². The van der Waals surface area contributed by atoms with Crippen LogP contribution in [-0.4, -0.2) is 27.8 Å². The predicted molar refractivity (Wildman–Crippen MR) is 66.6 cm³/mol. The summed E-state index contributed by atoms with van der Waals surface area (Å²) in [5.74, 6) is -0.254. The van der Waals surface area contributed by atoms with E-state index in [1.807, 2.05) is 30.7 Å². The van der Waals surface area contributed by atoms with Gasteiger partial charge in [0.25, 0.3) is 0 Å². The molecule has 0 saturated heterocycles. The van der Waals surface area contributed by atoms with Gasteiger partial charge in [-0.2, -0.15) is 5.10 Å². The second-order valence-electron chi connectivity index (χ2n) is 4.02. The smallest absolute Gasteiger partial charge is 0.310 e. The SMILES string of the molecule is COC(=O)Cc1c(C)nn(-c2ccncc2)c1C. The van der Waals surface area contributed by atoms with Crippen molar-refractivity contribution in [3.8, 4) is 5.69 Å². The number of pyridine rings is 1. The van der Waals surface area contributed by atoms with Gasteiger partial charge >= 0.3 is 5.97 Å². The van der Waals surface area contributed by atoms with Gasteiger partial charge in [0, 0.05) is 23.7 Å². The first-order chi connectivity index (χ1) is 8.63. The third kappa shape index (κ3) is 2.25. The maximum atomic E-state index is 11.4. The van der Waals surface area contributed by atoms with Gasteiger partial charge in [-0.05, 0) is 26.0 Å². The number of rotatable bonds is 3. The van der Waals surface area contributed by atoms with Crippen LogP contribution in [0.15, 0.2) is 24.5 Å². The Morgan fingerprint density at radius 1 is 1.33 bits per heavy atom. The number of hydrogen-bond donors (Lipinski definition) is 0.